The molecule has 2 amide bonds. The van der Waals surface area contributed by atoms with Gasteiger partial charge in [-0.2, -0.15) is 13.2 Å². The van der Waals surface area contributed by atoms with Gasteiger partial charge in [0.05, 0.1) is 17.9 Å². The van der Waals surface area contributed by atoms with Crippen molar-refractivity contribution in [1.82, 2.24) is 20.6 Å². The average Bonchev–Trinajstić information content (AvgIpc) is 3.30. The number of amides is 2. The van der Waals surface area contributed by atoms with Gasteiger partial charge in [0.1, 0.15) is 0 Å². The van der Waals surface area contributed by atoms with Gasteiger partial charge in [0, 0.05) is 60.9 Å². The van der Waals surface area contributed by atoms with Crippen molar-refractivity contribution in [2.24, 2.45) is 0 Å². The van der Waals surface area contributed by atoms with E-state index in [1.165, 1.54) is 0 Å². The highest BCUT2D eigenvalue weighted by Gasteiger charge is 2.25. The molecule has 4 rings (SSSR count). The Morgan fingerprint density at radius 2 is 1.89 bits per heavy atom. The molecule has 11 heteroatoms. The van der Waals surface area contributed by atoms with E-state index in [0.717, 1.165) is 34.6 Å². The van der Waals surface area contributed by atoms with E-state index in [1.54, 1.807) is 25.4 Å². The number of pyridine rings is 1. The van der Waals surface area contributed by atoms with Crippen LogP contribution in [0.25, 0.3) is 22.5 Å². The summed E-state index contributed by atoms with van der Waals surface area (Å²) in [5, 5.41) is 5.66. The summed E-state index contributed by atoms with van der Waals surface area (Å²) in [7, 11) is 1.60. The third kappa shape index (κ3) is 7.00. The van der Waals surface area contributed by atoms with Gasteiger partial charge in [-0.15, -0.1) is 0 Å². The van der Waals surface area contributed by atoms with E-state index in [0.29, 0.717) is 30.8 Å². The van der Waals surface area contributed by atoms with Crippen molar-refractivity contribution in [3.63, 3.8) is 0 Å². The summed E-state index contributed by atoms with van der Waals surface area (Å²) >= 11 is 0. The molecule has 3 heterocycles. The van der Waals surface area contributed by atoms with Crippen molar-refractivity contribution >= 4 is 18.1 Å². The Labute approximate surface area is 198 Å². The van der Waals surface area contributed by atoms with Crippen LogP contribution in [0.3, 0.4) is 0 Å². The van der Waals surface area contributed by atoms with E-state index < -0.39 is 12.5 Å². The largest absolute Gasteiger partial charge is 0.446 e. The fourth-order valence-electron chi connectivity index (χ4n) is 3.37. The quantitative estimate of drug-likeness (QED) is 0.365. The van der Waals surface area contributed by atoms with Crippen LogP contribution in [0.2, 0.25) is 0 Å². The highest BCUT2D eigenvalue weighted by Crippen LogP contribution is 2.27. The SMILES string of the molecule is COCCNC(=O)c1ccc(-c2cc(-c3cc4c([nH]3)CCNC4=O)ccn2)cc1.O=CC(F)(F)F. The maximum absolute atomic E-state index is 12.1. The first-order valence-corrected chi connectivity index (χ1v) is 10.6. The van der Waals surface area contributed by atoms with Crippen LogP contribution in [0.5, 0.6) is 0 Å². The predicted octanol–water partition coefficient (Wildman–Crippen LogP) is 3.15. The predicted molar refractivity (Wildman–Crippen MR) is 122 cm³/mol. The van der Waals surface area contributed by atoms with E-state index in [-0.39, 0.29) is 11.8 Å². The molecule has 0 saturated heterocycles. The van der Waals surface area contributed by atoms with Crippen LogP contribution in [0.4, 0.5) is 13.2 Å². The lowest BCUT2D eigenvalue weighted by molar-refractivity contribution is -0.156. The number of nitrogens with one attached hydrogen (secondary N) is 3. The van der Waals surface area contributed by atoms with E-state index in [1.807, 2.05) is 30.3 Å². The second-order valence-electron chi connectivity index (χ2n) is 7.50. The first kappa shape index (κ1) is 25.6. The van der Waals surface area contributed by atoms with Crippen LogP contribution >= 0.6 is 0 Å². The van der Waals surface area contributed by atoms with Gasteiger partial charge in [-0.1, -0.05) is 12.1 Å². The lowest BCUT2D eigenvalue weighted by Gasteiger charge is -2.11. The molecule has 0 fully saturated rings. The number of halogens is 3. The summed E-state index contributed by atoms with van der Waals surface area (Å²) in [6.45, 7) is 1.60. The Morgan fingerprint density at radius 3 is 2.51 bits per heavy atom. The molecule has 1 aliphatic heterocycles. The zero-order valence-corrected chi connectivity index (χ0v) is 18.7. The second kappa shape index (κ2) is 11.4. The summed E-state index contributed by atoms with van der Waals surface area (Å²) in [5.41, 5.74) is 5.81. The molecular formula is C24H23F3N4O4. The molecule has 3 N–H and O–H groups in total. The van der Waals surface area contributed by atoms with E-state index in [4.69, 9.17) is 9.53 Å². The molecule has 0 radical (unpaired) electrons. The van der Waals surface area contributed by atoms with Crippen LogP contribution in [0.1, 0.15) is 26.4 Å². The topological polar surface area (TPSA) is 113 Å². The summed E-state index contributed by atoms with van der Waals surface area (Å²) in [6.07, 6.45) is -3.16. The number of aldehydes is 1. The zero-order valence-electron chi connectivity index (χ0n) is 18.7. The van der Waals surface area contributed by atoms with Gasteiger partial charge in [-0.05, 0) is 30.3 Å². The number of carbonyl (C=O) groups is 3. The van der Waals surface area contributed by atoms with E-state index >= 15 is 0 Å². The number of carbonyl (C=O) groups excluding carboxylic acids is 3. The highest BCUT2D eigenvalue weighted by atomic mass is 19.4. The van der Waals surface area contributed by atoms with Crippen molar-refractivity contribution < 1.29 is 32.3 Å². The van der Waals surface area contributed by atoms with Crippen molar-refractivity contribution in [3.05, 3.63) is 65.5 Å². The average molecular weight is 488 g/mol. The van der Waals surface area contributed by atoms with Crippen LogP contribution < -0.4 is 10.6 Å². The third-order valence-corrected chi connectivity index (χ3v) is 5.04. The molecule has 0 saturated carbocycles. The normalized spacial score (nSPS) is 12.6. The molecule has 0 unspecified atom stereocenters. The van der Waals surface area contributed by atoms with E-state index in [9.17, 15) is 22.8 Å². The fourth-order valence-corrected chi connectivity index (χ4v) is 3.37. The van der Waals surface area contributed by atoms with Crippen LogP contribution in [0.15, 0.2) is 48.7 Å². The van der Waals surface area contributed by atoms with Gasteiger partial charge in [0.15, 0.2) is 0 Å². The number of rotatable bonds is 6. The number of methoxy groups -OCH3 is 1. The highest BCUT2D eigenvalue weighted by molar-refractivity contribution is 5.98. The molecule has 0 bridgehead atoms. The maximum Gasteiger partial charge on any atom is 0.446 e. The van der Waals surface area contributed by atoms with E-state index in [2.05, 4.69) is 20.6 Å². The van der Waals surface area contributed by atoms with Gasteiger partial charge in [0.2, 0.25) is 6.29 Å². The first-order valence-electron chi connectivity index (χ1n) is 10.6. The van der Waals surface area contributed by atoms with Crippen LogP contribution in [-0.4, -0.2) is 61.1 Å². The minimum absolute atomic E-state index is 0.0394. The molecule has 184 valence electrons. The number of fused-ring (bicyclic) bond motifs is 1. The Hall–Kier alpha value is -3.99. The Balaban J connectivity index is 0.000000509. The monoisotopic (exact) mass is 488 g/mol. The lowest BCUT2D eigenvalue weighted by atomic mass is 10.0. The summed E-state index contributed by atoms with van der Waals surface area (Å²) in [4.78, 5) is 40.6. The molecule has 8 nitrogen and oxygen atoms in total. The summed E-state index contributed by atoms with van der Waals surface area (Å²) < 4.78 is 36.2. The molecule has 2 aromatic heterocycles. The van der Waals surface area contributed by atoms with Crippen molar-refractivity contribution in [1.29, 1.82) is 0 Å². The molecule has 3 aromatic rings. The number of nitrogens with zero attached hydrogens (tertiary/aromatic N) is 1. The molecule has 1 aromatic carbocycles. The lowest BCUT2D eigenvalue weighted by Crippen LogP contribution is -2.31. The number of aromatic amines is 1. The number of hydrogen-bond donors (Lipinski definition) is 3. The van der Waals surface area contributed by atoms with Gasteiger partial charge >= 0.3 is 6.18 Å². The molecule has 35 heavy (non-hydrogen) atoms. The Kier molecular flexibility index (Phi) is 8.37. The molecule has 1 aliphatic rings. The second-order valence-corrected chi connectivity index (χ2v) is 7.50. The molecular weight excluding hydrogens is 465 g/mol. The minimum Gasteiger partial charge on any atom is -0.383 e. The third-order valence-electron chi connectivity index (χ3n) is 5.04. The Bertz CT molecular complexity index is 1190. The van der Waals surface area contributed by atoms with Gasteiger partial charge in [-0.3, -0.25) is 19.4 Å². The van der Waals surface area contributed by atoms with Gasteiger partial charge in [-0.25, -0.2) is 0 Å². The van der Waals surface area contributed by atoms with Crippen molar-refractivity contribution in [3.8, 4) is 22.5 Å². The fraction of sp³-hybridized carbons (Fsp3) is 0.250. The smallest absolute Gasteiger partial charge is 0.383 e. The standard InChI is InChI=1S/C22H22N4O3.C2HF3O/c1-29-11-10-25-21(27)15-4-2-14(3-5-15)19-12-16(6-8-23-19)20-13-17-18(26-20)7-9-24-22(17)28;3-2(4,5)1-6/h2-6,8,12-13,26H,7,9-11H2,1H3,(H,24,28)(H,25,27);1H. The summed E-state index contributed by atoms with van der Waals surface area (Å²) in [5.74, 6) is -0.173. The molecule has 0 atom stereocenters. The summed E-state index contributed by atoms with van der Waals surface area (Å²) in [6, 6.07) is 13.1. The first-order chi connectivity index (χ1) is 16.7. The van der Waals surface area contributed by atoms with Crippen LogP contribution in [-0.2, 0) is 16.0 Å². The molecule has 0 spiro atoms. The maximum atomic E-state index is 12.1. The van der Waals surface area contributed by atoms with Crippen LogP contribution in [0, 0.1) is 0 Å². The number of ether oxygens (including phenoxy) is 1. The Morgan fingerprint density at radius 1 is 1.17 bits per heavy atom. The number of alkyl halides is 3. The zero-order chi connectivity index (χ0) is 25.4. The molecule has 0 aliphatic carbocycles. The van der Waals surface area contributed by atoms with Crippen molar-refractivity contribution in [2.45, 2.75) is 12.6 Å². The number of benzene rings is 1. The van der Waals surface area contributed by atoms with Gasteiger partial charge in [0.25, 0.3) is 11.8 Å². The number of aromatic nitrogens is 2. The van der Waals surface area contributed by atoms with Gasteiger partial charge < -0.3 is 20.4 Å². The minimum atomic E-state index is -4.64. The number of H-pyrrole nitrogens is 1. The van der Waals surface area contributed by atoms with Crippen molar-refractivity contribution in [2.75, 3.05) is 26.8 Å². The number of hydrogen-bond acceptors (Lipinski definition) is 5.